The summed E-state index contributed by atoms with van der Waals surface area (Å²) in [6.07, 6.45) is 3.39. The molecule has 0 unspecified atom stereocenters. The average Bonchev–Trinajstić information content (AvgIpc) is 2.88. The van der Waals surface area contributed by atoms with E-state index in [9.17, 15) is 4.79 Å². The number of nitrogens with zero attached hydrogens (tertiary/aromatic N) is 5. The topological polar surface area (TPSA) is 63.4 Å². The Kier molecular flexibility index (Phi) is 4.57. The van der Waals surface area contributed by atoms with Crippen LogP contribution in [0.25, 0.3) is 5.78 Å². The van der Waals surface area contributed by atoms with Gasteiger partial charge in [0.25, 0.3) is 5.78 Å². The van der Waals surface area contributed by atoms with Gasteiger partial charge in [0.15, 0.2) is 5.16 Å². The van der Waals surface area contributed by atoms with Crippen molar-refractivity contribution in [1.29, 1.82) is 0 Å². The highest BCUT2D eigenvalue weighted by molar-refractivity contribution is 7.99. The van der Waals surface area contributed by atoms with E-state index in [1.54, 1.807) is 0 Å². The fraction of sp³-hybridized carbons (Fsp3) is 0.625. The molecule has 0 saturated carbocycles. The Balaban J connectivity index is 1.74. The number of rotatable bonds is 3. The van der Waals surface area contributed by atoms with Gasteiger partial charge in [-0.15, -0.1) is 10.2 Å². The smallest absolute Gasteiger partial charge is 0.256 e. The molecule has 1 aliphatic rings. The summed E-state index contributed by atoms with van der Waals surface area (Å²) in [5.74, 6) is 1.17. The maximum absolute atomic E-state index is 12.6. The van der Waals surface area contributed by atoms with Crippen LogP contribution in [-0.4, -0.2) is 48.2 Å². The van der Waals surface area contributed by atoms with Crippen molar-refractivity contribution in [3.8, 4) is 0 Å². The molecular weight excluding hydrogens is 310 g/mol. The van der Waals surface area contributed by atoms with Gasteiger partial charge >= 0.3 is 0 Å². The number of thioether (sulfide) groups is 1. The number of piperidine rings is 1. The number of aromatic nitrogens is 4. The van der Waals surface area contributed by atoms with Crippen LogP contribution in [0.15, 0.2) is 11.2 Å². The predicted octanol–water partition coefficient (Wildman–Crippen LogP) is 2.62. The lowest BCUT2D eigenvalue weighted by Crippen LogP contribution is -2.48. The van der Waals surface area contributed by atoms with E-state index in [-0.39, 0.29) is 5.91 Å². The molecule has 0 aromatic carbocycles. The van der Waals surface area contributed by atoms with E-state index < -0.39 is 0 Å². The number of likely N-dealkylation sites (tertiary alicyclic amines) is 1. The molecule has 124 valence electrons. The zero-order chi connectivity index (χ0) is 16.6. The summed E-state index contributed by atoms with van der Waals surface area (Å²) in [6.45, 7) is 8.23. The van der Waals surface area contributed by atoms with Crippen LogP contribution in [0.4, 0.5) is 0 Å². The predicted molar refractivity (Wildman–Crippen MR) is 90.6 cm³/mol. The van der Waals surface area contributed by atoms with E-state index in [1.165, 1.54) is 18.2 Å². The van der Waals surface area contributed by atoms with Crippen molar-refractivity contribution >= 4 is 23.4 Å². The quantitative estimate of drug-likeness (QED) is 0.808. The highest BCUT2D eigenvalue weighted by atomic mass is 32.2. The molecule has 0 N–H and O–H groups in total. The van der Waals surface area contributed by atoms with Crippen LogP contribution in [0.1, 0.15) is 44.5 Å². The molecule has 2 aromatic rings. The second kappa shape index (κ2) is 6.47. The molecule has 23 heavy (non-hydrogen) atoms. The fourth-order valence-corrected chi connectivity index (χ4v) is 4.26. The highest BCUT2D eigenvalue weighted by Crippen LogP contribution is 2.25. The Morgan fingerprint density at radius 2 is 1.96 bits per heavy atom. The molecule has 6 nitrogen and oxygen atoms in total. The second-order valence-electron chi connectivity index (χ2n) is 6.38. The molecule has 1 aliphatic heterocycles. The third-order valence-corrected chi connectivity index (χ3v) is 5.38. The summed E-state index contributed by atoms with van der Waals surface area (Å²) in [6, 6.07) is 2.65. The van der Waals surface area contributed by atoms with Crippen molar-refractivity contribution in [3.05, 3.63) is 17.5 Å². The SMILES string of the molecule is Cc1cc(C)n2c(SCC(=O)N3[C@H](C)CCC[C@@H]3C)nnc2n1. The van der Waals surface area contributed by atoms with Gasteiger partial charge < -0.3 is 4.90 Å². The van der Waals surface area contributed by atoms with Gasteiger partial charge in [0.2, 0.25) is 5.91 Å². The Morgan fingerprint density at radius 3 is 2.65 bits per heavy atom. The van der Waals surface area contributed by atoms with Crippen molar-refractivity contribution in [2.45, 2.75) is 64.2 Å². The maximum atomic E-state index is 12.6. The Bertz CT molecular complexity index is 719. The monoisotopic (exact) mass is 333 g/mol. The molecule has 1 saturated heterocycles. The first kappa shape index (κ1) is 16.2. The van der Waals surface area contributed by atoms with E-state index in [0.29, 0.717) is 23.6 Å². The van der Waals surface area contributed by atoms with Crippen molar-refractivity contribution in [2.24, 2.45) is 0 Å². The van der Waals surface area contributed by atoms with Gasteiger partial charge in [-0.05, 0) is 53.0 Å². The van der Waals surface area contributed by atoms with Gasteiger partial charge in [-0.25, -0.2) is 4.98 Å². The van der Waals surface area contributed by atoms with Crippen LogP contribution < -0.4 is 0 Å². The largest absolute Gasteiger partial charge is 0.337 e. The number of hydrogen-bond donors (Lipinski definition) is 0. The van der Waals surface area contributed by atoms with Crippen LogP contribution >= 0.6 is 11.8 Å². The van der Waals surface area contributed by atoms with E-state index in [2.05, 4.69) is 29.0 Å². The maximum Gasteiger partial charge on any atom is 0.256 e. The molecule has 2 aromatic heterocycles. The molecule has 0 spiro atoms. The van der Waals surface area contributed by atoms with Crippen LogP contribution in [0.3, 0.4) is 0 Å². The van der Waals surface area contributed by atoms with E-state index in [0.717, 1.165) is 29.4 Å². The molecule has 1 amide bonds. The highest BCUT2D eigenvalue weighted by Gasteiger charge is 2.29. The number of aryl methyl sites for hydroxylation is 2. The molecule has 3 heterocycles. The third kappa shape index (κ3) is 3.20. The zero-order valence-electron chi connectivity index (χ0n) is 14.1. The fourth-order valence-electron chi connectivity index (χ4n) is 3.41. The number of carbonyl (C=O) groups excluding carboxylic acids is 1. The Hall–Kier alpha value is -1.63. The van der Waals surface area contributed by atoms with Gasteiger partial charge in [0.05, 0.1) is 5.75 Å². The van der Waals surface area contributed by atoms with Gasteiger partial charge in [0.1, 0.15) is 0 Å². The van der Waals surface area contributed by atoms with E-state index >= 15 is 0 Å². The lowest BCUT2D eigenvalue weighted by atomic mass is 9.98. The second-order valence-corrected chi connectivity index (χ2v) is 7.32. The normalized spacial score (nSPS) is 21.8. The Labute approximate surface area is 140 Å². The third-order valence-electron chi connectivity index (χ3n) is 4.47. The minimum Gasteiger partial charge on any atom is -0.337 e. The molecular formula is C16H23N5OS. The zero-order valence-corrected chi connectivity index (χ0v) is 14.9. The lowest BCUT2D eigenvalue weighted by molar-refractivity contribution is -0.134. The van der Waals surface area contributed by atoms with Gasteiger partial charge in [-0.1, -0.05) is 11.8 Å². The summed E-state index contributed by atoms with van der Waals surface area (Å²) < 4.78 is 1.91. The molecule has 0 radical (unpaired) electrons. The molecule has 3 rings (SSSR count). The first-order valence-corrected chi connectivity index (χ1v) is 9.09. The Morgan fingerprint density at radius 1 is 1.26 bits per heavy atom. The molecule has 2 atom stereocenters. The first-order valence-electron chi connectivity index (χ1n) is 8.10. The van der Waals surface area contributed by atoms with Crippen molar-refractivity contribution in [3.63, 3.8) is 0 Å². The molecule has 0 aliphatic carbocycles. The summed E-state index contributed by atoms with van der Waals surface area (Å²) >= 11 is 1.44. The van der Waals surface area contributed by atoms with E-state index in [4.69, 9.17) is 0 Å². The number of fused-ring (bicyclic) bond motifs is 1. The molecule has 7 heteroatoms. The number of hydrogen-bond acceptors (Lipinski definition) is 5. The van der Waals surface area contributed by atoms with Crippen LogP contribution in [0.5, 0.6) is 0 Å². The summed E-state index contributed by atoms with van der Waals surface area (Å²) in [4.78, 5) is 19.0. The van der Waals surface area contributed by atoms with Gasteiger partial charge in [-0.2, -0.15) is 0 Å². The van der Waals surface area contributed by atoms with Crippen LogP contribution in [-0.2, 0) is 4.79 Å². The number of amides is 1. The van der Waals surface area contributed by atoms with Crippen molar-refractivity contribution < 1.29 is 4.79 Å². The van der Waals surface area contributed by atoms with Crippen LogP contribution in [0, 0.1) is 13.8 Å². The van der Waals surface area contributed by atoms with Crippen molar-refractivity contribution in [2.75, 3.05) is 5.75 Å². The van der Waals surface area contributed by atoms with E-state index in [1.807, 2.05) is 29.2 Å². The molecule has 0 bridgehead atoms. The average molecular weight is 333 g/mol. The summed E-state index contributed by atoms with van der Waals surface area (Å²) in [5, 5.41) is 9.04. The van der Waals surface area contributed by atoms with Crippen molar-refractivity contribution in [1.82, 2.24) is 24.5 Å². The first-order chi connectivity index (χ1) is 11.0. The van der Waals surface area contributed by atoms with Gasteiger partial charge in [-0.3, -0.25) is 9.20 Å². The summed E-state index contributed by atoms with van der Waals surface area (Å²) in [7, 11) is 0. The van der Waals surface area contributed by atoms with Gasteiger partial charge in [0, 0.05) is 23.5 Å². The standard InChI is InChI=1S/C16H23N5OS/c1-10-8-13(4)21-15(17-10)18-19-16(21)23-9-14(22)20-11(2)6-5-7-12(20)3/h8,11-12H,5-7,9H2,1-4H3/t11-,12+. The minimum atomic E-state index is 0.184. The summed E-state index contributed by atoms with van der Waals surface area (Å²) in [5.41, 5.74) is 1.96. The lowest BCUT2D eigenvalue weighted by Gasteiger charge is -2.39. The number of carbonyl (C=O) groups is 1. The van der Waals surface area contributed by atoms with Crippen LogP contribution in [0.2, 0.25) is 0 Å². The minimum absolute atomic E-state index is 0.184. The molecule has 1 fully saturated rings.